The molecule has 0 unspecified atom stereocenters. The van der Waals surface area contributed by atoms with Crippen molar-refractivity contribution >= 4 is 16.4 Å². The summed E-state index contributed by atoms with van der Waals surface area (Å²) in [7, 11) is -4.00. The number of primary amides is 1. The monoisotopic (exact) mass is 236 g/mol. The second-order valence-corrected chi connectivity index (χ2v) is 5.07. The van der Waals surface area contributed by atoms with Gasteiger partial charge in [0.15, 0.2) is 0 Å². The molecule has 0 aromatic rings. The number of nitrogens with one attached hydrogen (secondary N) is 1. The molecular weight excluding hydrogens is 220 g/mol. The van der Waals surface area contributed by atoms with E-state index in [1.807, 2.05) is 0 Å². The van der Waals surface area contributed by atoms with Crippen LogP contribution in [0.2, 0.25) is 0 Å². The van der Waals surface area contributed by atoms with Gasteiger partial charge in [0.1, 0.15) is 0 Å². The van der Waals surface area contributed by atoms with Crippen LogP contribution in [0.25, 0.3) is 0 Å². The molecule has 6 nitrogen and oxygen atoms in total. The summed E-state index contributed by atoms with van der Waals surface area (Å²) in [6.45, 7) is 0.315. The minimum atomic E-state index is -4.00. The average molecular weight is 236 g/mol. The first kappa shape index (κ1) is 12.3. The van der Waals surface area contributed by atoms with Gasteiger partial charge in [0.05, 0.1) is 0 Å². The lowest BCUT2D eigenvalue weighted by Crippen LogP contribution is -2.34. The van der Waals surface area contributed by atoms with Gasteiger partial charge in [0.25, 0.3) is 0 Å². The van der Waals surface area contributed by atoms with Crippen molar-refractivity contribution in [1.29, 1.82) is 0 Å². The van der Waals surface area contributed by atoms with Gasteiger partial charge in [-0.25, -0.2) is 4.79 Å². The third-order valence-corrected chi connectivity index (χ3v) is 3.37. The Morgan fingerprint density at radius 2 is 1.93 bits per heavy atom. The smallest absolute Gasteiger partial charge is 0.334 e. The fourth-order valence-electron chi connectivity index (χ4n) is 1.75. The van der Waals surface area contributed by atoms with Crippen molar-refractivity contribution in [3.05, 3.63) is 0 Å². The Balaban J connectivity index is 2.31. The van der Waals surface area contributed by atoms with Crippen LogP contribution in [0.5, 0.6) is 0 Å². The number of carbonyl (C=O) groups is 1. The van der Waals surface area contributed by atoms with Gasteiger partial charge in [0, 0.05) is 6.54 Å². The summed E-state index contributed by atoms with van der Waals surface area (Å²) in [5, 5.41) is 0. The zero-order valence-corrected chi connectivity index (χ0v) is 9.26. The van der Waals surface area contributed by atoms with Crippen molar-refractivity contribution in [3.63, 3.8) is 0 Å². The molecule has 3 N–H and O–H groups in total. The largest absolute Gasteiger partial charge is 0.421 e. The molecule has 1 saturated carbocycles. The molecule has 0 aliphatic heterocycles. The van der Waals surface area contributed by atoms with Crippen LogP contribution in [-0.4, -0.2) is 21.1 Å². The molecule has 1 aliphatic rings. The lowest BCUT2D eigenvalue weighted by Gasteiger charge is -2.21. The van der Waals surface area contributed by atoms with Crippen molar-refractivity contribution in [1.82, 2.24) is 4.72 Å². The Kier molecular flexibility index (Phi) is 4.34. The van der Waals surface area contributed by atoms with Crippen molar-refractivity contribution in [2.45, 2.75) is 32.1 Å². The quantitative estimate of drug-likeness (QED) is 0.742. The molecule has 0 aromatic carbocycles. The number of hydrogen-bond acceptors (Lipinski definition) is 4. The van der Waals surface area contributed by atoms with Gasteiger partial charge >= 0.3 is 16.4 Å². The van der Waals surface area contributed by atoms with E-state index >= 15 is 0 Å². The molecule has 15 heavy (non-hydrogen) atoms. The van der Waals surface area contributed by atoms with Crippen molar-refractivity contribution in [2.75, 3.05) is 6.54 Å². The summed E-state index contributed by atoms with van der Waals surface area (Å²) in [5.74, 6) is 0.338. The summed E-state index contributed by atoms with van der Waals surface area (Å²) < 4.78 is 28.2. The molecule has 0 atom stereocenters. The van der Waals surface area contributed by atoms with E-state index in [9.17, 15) is 13.2 Å². The predicted molar refractivity (Wildman–Crippen MR) is 54.2 cm³/mol. The molecule has 1 fully saturated rings. The fraction of sp³-hybridized carbons (Fsp3) is 0.875. The number of amides is 1. The van der Waals surface area contributed by atoms with Gasteiger partial charge in [-0.1, -0.05) is 19.3 Å². The summed E-state index contributed by atoms with van der Waals surface area (Å²) in [4.78, 5) is 10.2. The van der Waals surface area contributed by atoms with Crippen LogP contribution in [-0.2, 0) is 14.5 Å². The molecule has 1 rings (SSSR count). The third kappa shape index (κ3) is 4.98. The lowest BCUT2D eigenvalue weighted by atomic mass is 9.90. The number of carbonyl (C=O) groups excluding carboxylic acids is 1. The molecule has 88 valence electrons. The molecule has 0 heterocycles. The Morgan fingerprint density at radius 3 is 2.47 bits per heavy atom. The number of hydrogen-bond donors (Lipinski definition) is 2. The lowest BCUT2D eigenvalue weighted by molar-refractivity contribution is 0.211. The summed E-state index contributed by atoms with van der Waals surface area (Å²) in [5.41, 5.74) is 4.61. The molecule has 7 heteroatoms. The van der Waals surface area contributed by atoms with E-state index in [0.29, 0.717) is 12.5 Å². The highest BCUT2D eigenvalue weighted by Gasteiger charge is 2.19. The first-order valence-corrected chi connectivity index (χ1v) is 6.39. The zero-order valence-electron chi connectivity index (χ0n) is 8.44. The highest BCUT2D eigenvalue weighted by Crippen LogP contribution is 2.22. The van der Waals surface area contributed by atoms with E-state index in [-0.39, 0.29) is 0 Å². The molecule has 0 saturated heterocycles. The SMILES string of the molecule is NC(=O)OS(=O)(=O)NCC1CCCCC1. The van der Waals surface area contributed by atoms with Gasteiger partial charge in [-0.05, 0) is 18.8 Å². The molecular formula is C8H16N2O4S. The zero-order chi connectivity index (χ0) is 11.3. The highest BCUT2D eigenvalue weighted by molar-refractivity contribution is 7.85. The molecule has 0 bridgehead atoms. The number of rotatable bonds is 4. The Bertz CT molecular complexity index is 309. The second kappa shape index (κ2) is 5.32. The molecule has 0 spiro atoms. The Labute approximate surface area is 89.4 Å². The normalized spacial score (nSPS) is 18.7. The van der Waals surface area contributed by atoms with Crippen molar-refractivity contribution in [2.24, 2.45) is 11.7 Å². The average Bonchev–Trinajstić information content (AvgIpc) is 2.15. The van der Waals surface area contributed by atoms with Crippen LogP contribution in [0.15, 0.2) is 0 Å². The van der Waals surface area contributed by atoms with E-state index in [1.165, 1.54) is 6.42 Å². The summed E-state index contributed by atoms with van der Waals surface area (Å²) in [6.07, 6.45) is 4.18. The van der Waals surface area contributed by atoms with Gasteiger partial charge in [-0.15, -0.1) is 0 Å². The molecule has 1 aliphatic carbocycles. The minimum absolute atomic E-state index is 0.315. The third-order valence-electron chi connectivity index (χ3n) is 2.47. The Hall–Kier alpha value is -0.820. The minimum Gasteiger partial charge on any atom is -0.334 e. The second-order valence-electron chi connectivity index (χ2n) is 3.71. The maximum absolute atomic E-state index is 11.0. The first-order valence-electron chi connectivity index (χ1n) is 4.98. The van der Waals surface area contributed by atoms with Gasteiger partial charge < -0.3 is 9.92 Å². The van der Waals surface area contributed by atoms with E-state index in [0.717, 1.165) is 25.7 Å². The van der Waals surface area contributed by atoms with E-state index in [2.05, 4.69) is 14.6 Å². The van der Waals surface area contributed by atoms with E-state index < -0.39 is 16.4 Å². The van der Waals surface area contributed by atoms with Gasteiger partial charge in [0.2, 0.25) is 0 Å². The van der Waals surface area contributed by atoms with Crippen LogP contribution in [0, 0.1) is 5.92 Å². The number of nitrogens with two attached hydrogens (primary N) is 1. The topological polar surface area (TPSA) is 98.5 Å². The fourth-order valence-corrected chi connectivity index (χ4v) is 2.46. The molecule has 0 radical (unpaired) electrons. The van der Waals surface area contributed by atoms with E-state index in [4.69, 9.17) is 0 Å². The van der Waals surface area contributed by atoms with Gasteiger partial charge in [-0.2, -0.15) is 13.1 Å². The maximum Gasteiger partial charge on any atom is 0.421 e. The Morgan fingerprint density at radius 1 is 1.33 bits per heavy atom. The molecule has 0 aromatic heterocycles. The summed E-state index contributed by atoms with van der Waals surface area (Å²) in [6, 6.07) is 0. The van der Waals surface area contributed by atoms with Crippen LogP contribution >= 0.6 is 0 Å². The molecule has 1 amide bonds. The van der Waals surface area contributed by atoms with E-state index in [1.54, 1.807) is 0 Å². The van der Waals surface area contributed by atoms with Crippen LogP contribution in [0.3, 0.4) is 0 Å². The highest BCUT2D eigenvalue weighted by atomic mass is 32.2. The predicted octanol–water partition coefficient (Wildman–Crippen LogP) is 0.496. The first-order chi connectivity index (χ1) is 6.99. The maximum atomic E-state index is 11.0. The summed E-state index contributed by atoms with van der Waals surface area (Å²) >= 11 is 0. The standard InChI is InChI=1S/C8H16N2O4S/c9-8(11)14-15(12,13)10-6-7-4-2-1-3-5-7/h7,10H,1-6H2,(H2,9,11). The van der Waals surface area contributed by atoms with Crippen molar-refractivity contribution < 1.29 is 17.4 Å². The van der Waals surface area contributed by atoms with Crippen LogP contribution in [0.1, 0.15) is 32.1 Å². The van der Waals surface area contributed by atoms with Gasteiger partial charge in [-0.3, -0.25) is 0 Å². The van der Waals surface area contributed by atoms with Crippen molar-refractivity contribution in [3.8, 4) is 0 Å². The van der Waals surface area contributed by atoms with Crippen LogP contribution in [0.4, 0.5) is 4.79 Å². The van der Waals surface area contributed by atoms with Crippen LogP contribution < -0.4 is 10.5 Å².